The Kier molecular flexibility index (Phi) is 4.74. The molecule has 0 fully saturated rings. The Bertz CT molecular complexity index is 1670. The van der Waals surface area contributed by atoms with Gasteiger partial charge in [-0.3, -0.25) is 9.97 Å². The van der Waals surface area contributed by atoms with Gasteiger partial charge in [0.05, 0.1) is 22.6 Å². The second kappa shape index (κ2) is 8.36. The van der Waals surface area contributed by atoms with E-state index in [-0.39, 0.29) is 0 Å². The Morgan fingerprint density at radius 2 is 1.22 bits per heavy atom. The summed E-state index contributed by atoms with van der Waals surface area (Å²) < 4.78 is 6.18. The van der Waals surface area contributed by atoms with Gasteiger partial charge in [-0.25, -0.2) is 0 Å². The third kappa shape index (κ3) is 3.31. The van der Waals surface area contributed by atoms with Gasteiger partial charge in [0, 0.05) is 34.6 Å². The van der Waals surface area contributed by atoms with Crippen LogP contribution in [-0.2, 0) is 0 Å². The summed E-state index contributed by atoms with van der Waals surface area (Å²) in [5.74, 6) is 1.68. The van der Waals surface area contributed by atoms with E-state index in [1.54, 1.807) is 0 Å². The number of nitrogens with zero attached hydrogens (tertiary/aromatic N) is 3. The number of aromatic nitrogens is 2. The number of fused-ring (bicyclic) bond motifs is 3. The lowest BCUT2D eigenvalue weighted by molar-refractivity contribution is 0.477. The lowest BCUT2D eigenvalue weighted by Gasteiger charge is -2.32. The van der Waals surface area contributed by atoms with Crippen LogP contribution >= 0.6 is 0 Å². The second-order valence-electron chi connectivity index (χ2n) is 8.71. The van der Waals surface area contributed by atoms with Crippen molar-refractivity contribution in [1.29, 1.82) is 0 Å². The zero-order valence-corrected chi connectivity index (χ0v) is 19.4. The molecule has 6 aromatic rings. The lowest BCUT2D eigenvalue weighted by Crippen LogP contribution is -2.15. The van der Waals surface area contributed by atoms with E-state index in [0.717, 1.165) is 61.8 Å². The van der Waals surface area contributed by atoms with Crippen molar-refractivity contribution in [1.82, 2.24) is 9.97 Å². The molecule has 2 aromatic heterocycles. The maximum Gasteiger partial charge on any atom is 0.151 e. The van der Waals surface area contributed by atoms with Gasteiger partial charge in [0.2, 0.25) is 0 Å². The molecule has 0 unspecified atom stereocenters. The van der Waals surface area contributed by atoms with Crippen molar-refractivity contribution in [3.8, 4) is 33.9 Å². The molecule has 0 N–H and O–H groups in total. The van der Waals surface area contributed by atoms with Crippen LogP contribution in [0.25, 0.3) is 33.3 Å². The number of hydrogen-bond donors (Lipinski definition) is 0. The molecular formula is C32H21N3O. The van der Waals surface area contributed by atoms with Gasteiger partial charge in [-0.1, -0.05) is 66.7 Å². The summed E-state index contributed by atoms with van der Waals surface area (Å²) in [5.41, 5.74) is 8.14. The van der Waals surface area contributed by atoms with Crippen LogP contribution in [0.5, 0.6) is 11.5 Å². The minimum absolute atomic E-state index is 0.842. The van der Waals surface area contributed by atoms with Crippen LogP contribution in [0.15, 0.2) is 128 Å². The van der Waals surface area contributed by atoms with E-state index >= 15 is 0 Å². The molecule has 4 nitrogen and oxygen atoms in total. The molecule has 3 heterocycles. The second-order valence-corrected chi connectivity index (χ2v) is 8.71. The topological polar surface area (TPSA) is 38.2 Å². The average molecular weight is 464 g/mol. The zero-order valence-electron chi connectivity index (χ0n) is 19.4. The number of hydrogen-bond acceptors (Lipinski definition) is 4. The summed E-state index contributed by atoms with van der Waals surface area (Å²) >= 11 is 0. The van der Waals surface area contributed by atoms with Gasteiger partial charge in [-0.05, 0) is 54.1 Å². The van der Waals surface area contributed by atoms with Crippen LogP contribution in [0.4, 0.5) is 17.1 Å². The Morgan fingerprint density at radius 3 is 1.94 bits per heavy atom. The minimum atomic E-state index is 0.842. The standard InChI is InChI=1S/C32H21N3O/c1-2-9-23(10-3-1)31-30(32-24(21-34-31)11-8-20-33-32)22-16-18-25(19-17-22)35-26-12-4-6-14-28(26)36-29-15-7-5-13-27(29)35/h1-21H. The fourth-order valence-electron chi connectivity index (χ4n) is 4.89. The Balaban J connectivity index is 1.39. The smallest absolute Gasteiger partial charge is 0.151 e. The molecule has 1 aliphatic heterocycles. The molecule has 0 saturated carbocycles. The first-order valence-electron chi connectivity index (χ1n) is 11.9. The van der Waals surface area contributed by atoms with Crippen molar-refractivity contribution >= 4 is 28.0 Å². The molecule has 4 aromatic carbocycles. The molecule has 0 bridgehead atoms. The largest absolute Gasteiger partial charge is 0.453 e. The van der Waals surface area contributed by atoms with Crippen molar-refractivity contribution in [3.63, 3.8) is 0 Å². The van der Waals surface area contributed by atoms with E-state index in [4.69, 9.17) is 14.7 Å². The predicted octanol–water partition coefficient (Wildman–Crippen LogP) is 8.54. The van der Waals surface area contributed by atoms with Crippen LogP contribution in [0.1, 0.15) is 0 Å². The monoisotopic (exact) mass is 463 g/mol. The van der Waals surface area contributed by atoms with E-state index in [0.29, 0.717) is 0 Å². The number of pyridine rings is 2. The van der Waals surface area contributed by atoms with Crippen LogP contribution in [0.3, 0.4) is 0 Å². The number of ether oxygens (including phenoxy) is 1. The Hall–Kier alpha value is -4.96. The molecule has 0 radical (unpaired) electrons. The maximum atomic E-state index is 6.18. The summed E-state index contributed by atoms with van der Waals surface area (Å²) in [6.07, 6.45) is 3.75. The van der Waals surface area contributed by atoms with Crippen molar-refractivity contribution in [2.24, 2.45) is 0 Å². The van der Waals surface area contributed by atoms with Crippen LogP contribution < -0.4 is 9.64 Å². The van der Waals surface area contributed by atoms with E-state index < -0.39 is 0 Å². The first-order valence-corrected chi connectivity index (χ1v) is 11.9. The summed E-state index contributed by atoms with van der Waals surface area (Å²) in [5, 5.41) is 1.02. The zero-order chi connectivity index (χ0) is 23.9. The van der Waals surface area contributed by atoms with Crippen molar-refractivity contribution in [2.75, 3.05) is 4.90 Å². The molecule has 7 rings (SSSR count). The highest BCUT2D eigenvalue weighted by Gasteiger charge is 2.25. The quantitative estimate of drug-likeness (QED) is 0.263. The fraction of sp³-hybridized carbons (Fsp3) is 0. The van der Waals surface area contributed by atoms with Gasteiger partial charge >= 0.3 is 0 Å². The molecule has 36 heavy (non-hydrogen) atoms. The van der Waals surface area contributed by atoms with Crippen LogP contribution in [0, 0.1) is 0 Å². The van der Waals surface area contributed by atoms with Gasteiger partial charge in [-0.15, -0.1) is 0 Å². The first kappa shape index (κ1) is 20.4. The Labute approximate surface area is 209 Å². The SMILES string of the molecule is c1ccc(-c2ncc3cccnc3c2-c2ccc(N3c4ccccc4Oc4ccccc43)cc2)cc1. The maximum absolute atomic E-state index is 6.18. The molecule has 0 spiro atoms. The van der Waals surface area contributed by atoms with E-state index in [1.165, 1.54) is 0 Å². The van der Waals surface area contributed by atoms with Gasteiger partial charge in [0.25, 0.3) is 0 Å². The molecular weight excluding hydrogens is 442 g/mol. The normalized spacial score (nSPS) is 12.1. The van der Waals surface area contributed by atoms with Gasteiger partial charge in [0.15, 0.2) is 11.5 Å². The highest BCUT2D eigenvalue weighted by molar-refractivity contribution is 6.00. The molecule has 0 amide bonds. The van der Waals surface area contributed by atoms with Crippen LogP contribution in [-0.4, -0.2) is 9.97 Å². The fourth-order valence-corrected chi connectivity index (χ4v) is 4.89. The Morgan fingerprint density at radius 1 is 0.556 bits per heavy atom. The highest BCUT2D eigenvalue weighted by atomic mass is 16.5. The van der Waals surface area contributed by atoms with Gasteiger partial charge < -0.3 is 9.64 Å². The van der Waals surface area contributed by atoms with Crippen LogP contribution in [0.2, 0.25) is 0 Å². The van der Waals surface area contributed by atoms with Gasteiger partial charge in [-0.2, -0.15) is 0 Å². The highest BCUT2D eigenvalue weighted by Crippen LogP contribution is 2.50. The van der Waals surface area contributed by atoms with E-state index in [1.807, 2.05) is 73.1 Å². The number of benzene rings is 4. The molecule has 4 heteroatoms. The van der Waals surface area contributed by atoms with Crippen molar-refractivity contribution in [2.45, 2.75) is 0 Å². The molecule has 170 valence electrons. The van der Waals surface area contributed by atoms with E-state index in [9.17, 15) is 0 Å². The summed E-state index contributed by atoms with van der Waals surface area (Å²) in [6.45, 7) is 0. The number of rotatable bonds is 3. The van der Waals surface area contributed by atoms with Crippen molar-refractivity contribution in [3.05, 3.63) is 128 Å². The minimum Gasteiger partial charge on any atom is -0.453 e. The molecule has 0 saturated heterocycles. The average Bonchev–Trinajstić information content (AvgIpc) is 2.96. The molecule has 0 atom stereocenters. The van der Waals surface area contributed by atoms with Gasteiger partial charge in [0.1, 0.15) is 0 Å². The predicted molar refractivity (Wildman–Crippen MR) is 145 cm³/mol. The van der Waals surface area contributed by atoms with Crippen molar-refractivity contribution < 1.29 is 4.74 Å². The number of para-hydroxylation sites is 4. The molecule has 0 aliphatic carbocycles. The molecule has 1 aliphatic rings. The lowest BCUT2D eigenvalue weighted by atomic mass is 9.96. The number of anilines is 3. The summed E-state index contributed by atoms with van der Waals surface area (Å²) in [6, 6.07) is 39.2. The van der Waals surface area contributed by atoms with E-state index in [2.05, 4.69) is 59.5 Å². The third-order valence-corrected chi connectivity index (χ3v) is 6.54. The first-order chi connectivity index (χ1) is 17.9. The summed E-state index contributed by atoms with van der Waals surface area (Å²) in [7, 11) is 0. The third-order valence-electron chi connectivity index (χ3n) is 6.54. The summed E-state index contributed by atoms with van der Waals surface area (Å²) in [4.78, 5) is 11.9.